The first-order valence-corrected chi connectivity index (χ1v) is 7.42. The molecule has 108 valence electrons. The standard InChI is InChI=1S/C15H18ClFN2O/c16-13-4-2-9(6-14(13)17)15(20)19-7-10-1-3-12(18)5-11(10)8-19/h2,4,6,10-12H,1,3,5,7-8,18H2/t10-,11+,12?/m1/s1. The minimum atomic E-state index is -0.545. The molecule has 1 saturated carbocycles. The van der Waals surface area contributed by atoms with Crippen molar-refractivity contribution >= 4 is 17.5 Å². The summed E-state index contributed by atoms with van der Waals surface area (Å²) in [5.74, 6) is 0.399. The summed E-state index contributed by atoms with van der Waals surface area (Å²) in [6.07, 6.45) is 3.12. The summed E-state index contributed by atoms with van der Waals surface area (Å²) in [4.78, 5) is 14.2. The minimum Gasteiger partial charge on any atom is -0.338 e. The van der Waals surface area contributed by atoms with Gasteiger partial charge in [0.1, 0.15) is 5.82 Å². The number of halogens is 2. The lowest BCUT2D eigenvalue weighted by Crippen LogP contribution is -2.32. The summed E-state index contributed by atoms with van der Waals surface area (Å²) in [6, 6.07) is 4.50. The lowest BCUT2D eigenvalue weighted by molar-refractivity contribution is 0.0783. The van der Waals surface area contributed by atoms with Crippen LogP contribution in [0.15, 0.2) is 18.2 Å². The van der Waals surface area contributed by atoms with E-state index < -0.39 is 5.82 Å². The third-order valence-corrected chi connectivity index (χ3v) is 4.85. The predicted molar refractivity (Wildman–Crippen MR) is 76.1 cm³/mol. The maximum absolute atomic E-state index is 13.5. The molecule has 3 nitrogen and oxygen atoms in total. The summed E-state index contributed by atoms with van der Waals surface area (Å²) < 4.78 is 13.5. The third kappa shape index (κ3) is 2.54. The molecule has 0 aromatic heterocycles. The molecule has 1 unspecified atom stereocenters. The Balaban J connectivity index is 1.73. The molecular formula is C15H18ClFN2O. The summed E-state index contributed by atoms with van der Waals surface area (Å²) in [7, 11) is 0. The molecule has 1 amide bonds. The zero-order chi connectivity index (χ0) is 14.3. The van der Waals surface area contributed by atoms with Crippen LogP contribution < -0.4 is 5.73 Å². The van der Waals surface area contributed by atoms with Crippen LogP contribution in [-0.2, 0) is 0 Å². The molecule has 1 aromatic rings. The Labute approximate surface area is 122 Å². The maximum atomic E-state index is 13.5. The van der Waals surface area contributed by atoms with Crippen LogP contribution in [0.2, 0.25) is 5.02 Å². The molecule has 1 aromatic carbocycles. The summed E-state index contributed by atoms with van der Waals surface area (Å²) in [6.45, 7) is 1.50. The lowest BCUT2D eigenvalue weighted by Gasteiger charge is -2.27. The van der Waals surface area contributed by atoms with Crippen molar-refractivity contribution in [3.63, 3.8) is 0 Å². The van der Waals surface area contributed by atoms with E-state index in [0.29, 0.717) is 17.4 Å². The quantitative estimate of drug-likeness (QED) is 0.866. The van der Waals surface area contributed by atoms with E-state index in [1.54, 1.807) is 6.07 Å². The normalized spacial score (nSPS) is 29.4. The summed E-state index contributed by atoms with van der Waals surface area (Å²) >= 11 is 5.65. The van der Waals surface area contributed by atoms with E-state index in [-0.39, 0.29) is 17.0 Å². The van der Waals surface area contributed by atoms with Crippen molar-refractivity contribution in [2.24, 2.45) is 17.6 Å². The average Bonchev–Trinajstić information content (AvgIpc) is 2.84. The maximum Gasteiger partial charge on any atom is 0.253 e. The fourth-order valence-electron chi connectivity index (χ4n) is 3.45. The van der Waals surface area contributed by atoms with Crippen LogP contribution >= 0.6 is 11.6 Å². The highest BCUT2D eigenvalue weighted by Crippen LogP contribution is 2.36. The Morgan fingerprint density at radius 3 is 2.80 bits per heavy atom. The van der Waals surface area contributed by atoms with Gasteiger partial charge < -0.3 is 10.6 Å². The molecule has 2 fully saturated rings. The van der Waals surface area contributed by atoms with Gasteiger partial charge in [-0.1, -0.05) is 11.6 Å². The highest BCUT2D eigenvalue weighted by Gasteiger charge is 2.38. The van der Waals surface area contributed by atoms with Gasteiger partial charge >= 0.3 is 0 Å². The summed E-state index contributed by atoms with van der Waals surface area (Å²) in [5.41, 5.74) is 6.36. The predicted octanol–water partition coefficient (Wildman–Crippen LogP) is 2.68. The number of hydrogen-bond donors (Lipinski definition) is 1. The molecule has 1 saturated heterocycles. The number of rotatable bonds is 1. The van der Waals surface area contributed by atoms with Gasteiger partial charge in [0.2, 0.25) is 0 Å². The second-order valence-electron chi connectivity index (χ2n) is 5.93. The van der Waals surface area contributed by atoms with E-state index in [9.17, 15) is 9.18 Å². The van der Waals surface area contributed by atoms with Gasteiger partial charge in [0.05, 0.1) is 5.02 Å². The molecule has 5 heteroatoms. The van der Waals surface area contributed by atoms with E-state index in [1.165, 1.54) is 12.1 Å². The molecule has 1 heterocycles. The van der Waals surface area contributed by atoms with E-state index in [1.807, 2.05) is 4.90 Å². The largest absolute Gasteiger partial charge is 0.338 e. The van der Waals surface area contributed by atoms with Gasteiger partial charge in [0, 0.05) is 24.7 Å². The van der Waals surface area contributed by atoms with Crippen molar-refractivity contribution in [1.29, 1.82) is 0 Å². The molecule has 0 radical (unpaired) electrons. The van der Waals surface area contributed by atoms with Crippen LogP contribution in [0.25, 0.3) is 0 Å². The van der Waals surface area contributed by atoms with Gasteiger partial charge in [-0.05, 0) is 49.3 Å². The van der Waals surface area contributed by atoms with Crippen molar-refractivity contribution < 1.29 is 9.18 Å². The van der Waals surface area contributed by atoms with Crippen LogP contribution in [0.3, 0.4) is 0 Å². The fraction of sp³-hybridized carbons (Fsp3) is 0.533. The highest BCUT2D eigenvalue weighted by molar-refractivity contribution is 6.30. The zero-order valence-electron chi connectivity index (χ0n) is 11.2. The molecule has 2 N–H and O–H groups in total. The number of likely N-dealkylation sites (tertiary alicyclic amines) is 1. The van der Waals surface area contributed by atoms with Crippen molar-refractivity contribution in [3.05, 3.63) is 34.6 Å². The number of carbonyl (C=O) groups excluding carboxylic acids is 1. The Kier molecular flexibility index (Phi) is 3.69. The zero-order valence-corrected chi connectivity index (χ0v) is 11.9. The van der Waals surface area contributed by atoms with Crippen molar-refractivity contribution in [2.75, 3.05) is 13.1 Å². The fourth-order valence-corrected chi connectivity index (χ4v) is 3.56. The monoisotopic (exact) mass is 296 g/mol. The second-order valence-corrected chi connectivity index (χ2v) is 6.34. The number of nitrogens with two attached hydrogens (primary N) is 1. The molecule has 3 atom stereocenters. The lowest BCUT2D eigenvalue weighted by atomic mass is 9.79. The van der Waals surface area contributed by atoms with Gasteiger partial charge in [0.15, 0.2) is 0 Å². The molecule has 0 spiro atoms. The van der Waals surface area contributed by atoms with Gasteiger partial charge in [-0.2, -0.15) is 0 Å². The first-order chi connectivity index (χ1) is 9.54. The topological polar surface area (TPSA) is 46.3 Å². The Morgan fingerprint density at radius 1 is 1.30 bits per heavy atom. The molecule has 2 aliphatic rings. The van der Waals surface area contributed by atoms with Crippen molar-refractivity contribution in [1.82, 2.24) is 4.90 Å². The van der Waals surface area contributed by atoms with Crippen LogP contribution in [0.4, 0.5) is 4.39 Å². The number of hydrogen-bond acceptors (Lipinski definition) is 2. The third-order valence-electron chi connectivity index (χ3n) is 4.54. The van der Waals surface area contributed by atoms with Gasteiger partial charge in [-0.25, -0.2) is 4.39 Å². The minimum absolute atomic E-state index is 0.0441. The Bertz CT molecular complexity index is 537. The van der Waals surface area contributed by atoms with Crippen LogP contribution in [-0.4, -0.2) is 29.9 Å². The smallest absolute Gasteiger partial charge is 0.253 e. The van der Waals surface area contributed by atoms with Crippen molar-refractivity contribution in [3.8, 4) is 0 Å². The number of benzene rings is 1. The Hall–Kier alpha value is -1.13. The molecule has 0 bridgehead atoms. The van der Waals surface area contributed by atoms with E-state index >= 15 is 0 Å². The van der Waals surface area contributed by atoms with Crippen LogP contribution in [0.5, 0.6) is 0 Å². The van der Waals surface area contributed by atoms with E-state index in [4.69, 9.17) is 17.3 Å². The number of nitrogens with zero attached hydrogens (tertiary/aromatic N) is 1. The highest BCUT2D eigenvalue weighted by atomic mass is 35.5. The van der Waals surface area contributed by atoms with Crippen LogP contribution in [0.1, 0.15) is 29.6 Å². The molecule has 20 heavy (non-hydrogen) atoms. The molecule has 1 aliphatic heterocycles. The average molecular weight is 297 g/mol. The van der Waals surface area contributed by atoms with Gasteiger partial charge in [-0.15, -0.1) is 0 Å². The van der Waals surface area contributed by atoms with Gasteiger partial charge in [0.25, 0.3) is 5.91 Å². The van der Waals surface area contributed by atoms with Gasteiger partial charge in [-0.3, -0.25) is 4.79 Å². The summed E-state index contributed by atoms with van der Waals surface area (Å²) in [5, 5.41) is 0.0441. The first-order valence-electron chi connectivity index (χ1n) is 7.04. The first kappa shape index (κ1) is 13.8. The SMILES string of the molecule is NC1CC[C@@H]2CN(C(=O)c3ccc(Cl)c(F)c3)C[C@@H]2C1. The Morgan fingerprint density at radius 2 is 2.05 bits per heavy atom. The second kappa shape index (κ2) is 5.34. The number of carbonyl (C=O) groups is 1. The molecule has 1 aliphatic carbocycles. The number of fused-ring (bicyclic) bond motifs is 1. The van der Waals surface area contributed by atoms with E-state index in [0.717, 1.165) is 32.4 Å². The molecular weight excluding hydrogens is 279 g/mol. The van der Waals surface area contributed by atoms with Crippen LogP contribution in [0, 0.1) is 17.7 Å². The molecule has 3 rings (SSSR count). The van der Waals surface area contributed by atoms with E-state index in [2.05, 4.69) is 0 Å². The number of amides is 1. The van der Waals surface area contributed by atoms with Crippen molar-refractivity contribution in [2.45, 2.75) is 25.3 Å².